The van der Waals surface area contributed by atoms with Gasteiger partial charge in [0.05, 0.1) is 18.8 Å². The maximum absolute atomic E-state index is 12.3. The van der Waals surface area contributed by atoms with E-state index in [0.29, 0.717) is 6.42 Å². The smallest absolute Gasteiger partial charge is 0.220 e. The number of aliphatic hydroxyl groups is 2. The maximum Gasteiger partial charge on any atom is 0.220 e. The minimum atomic E-state index is -0.843. The largest absolute Gasteiger partial charge is 0.394 e. The van der Waals surface area contributed by atoms with Crippen LogP contribution in [-0.4, -0.2) is 34.9 Å². The van der Waals surface area contributed by atoms with E-state index in [1.165, 1.54) is 128 Å². The van der Waals surface area contributed by atoms with E-state index in [-0.39, 0.29) is 12.5 Å². The molecule has 0 aromatic rings. The molecule has 2 atom stereocenters. The molecule has 0 aliphatic rings. The van der Waals surface area contributed by atoms with Gasteiger partial charge in [0.15, 0.2) is 0 Å². The van der Waals surface area contributed by atoms with Crippen LogP contribution < -0.4 is 5.32 Å². The molecule has 0 heterocycles. The first-order valence-corrected chi connectivity index (χ1v) is 19.2. The van der Waals surface area contributed by atoms with Crippen molar-refractivity contribution in [2.45, 2.75) is 206 Å². The first kappa shape index (κ1) is 42.6. The second-order valence-corrected chi connectivity index (χ2v) is 13.0. The predicted molar refractivity (Wildman–Crippen MR) is 193 cm³/mol. The van der Waals surface area contributed by atoms with E-state index in [4.69, 9.17) is 0 Å². The highest BCUT2D eigenvalue weighted by molar-refractivity contribution is 5.76. The summed E-state index contributed by atoms with van der Waals surface area (Å²) in [5, 5.41) is 22.9. The zero-order valence-corrected chi connectivity index (χ0v) is 29.4. The van der Waals surface area contributed by atoms with E-state index in [0.717, 1.165) is 44.9 Å². The van der Waals surface area contributed by atoms with Crippen LogP contribution in [0.4, 0.5) is 0 Å². The summed E-state index contributed by atoms with van der Waals surface area (Å²) in [4.78, 5) is 12.3. The molecule has 3 N–H and O–H groups in total. The average Bonchev–Trinajstić information content (AvgIpc) is 3.03. The van der Waals surface area contributed by atoms with Crippen molar-refractivity contribution in [2.75, 3.05) is 6.61 Å². The van der Waals surface area contributed by atoms with Crippen molar-refractivity contribution < 1.29 is 15.0 Å². The summed E-state index contributed by atoms with van der Waals surface area (Å²) in [5.74, 6) is -0.0799. The lowest BCUT2D eigenvalue weighted by molar-refractivity contribution is -0.123. The molecule has 0 saturated carbocycles. The van der Waals surface area contributed by atoms with E-state index < -0.39 is 12.1 Å². The SMILES string of the molecule is CCC/C=C\C/C=C\CCCCCCCC(=O)NC(CO)C(O)/C=C/CCCCCCCCCCCCCCCCCCC. The van der Waals surface area contributed by atoms with Crippen molar-refractivity contribution in [2.24, 2.45) is 0 Å². The number of aliphatic hydroxyl groups excluding tert-OH is 2. The highest BCUT2D eigenvalue weighted by Crippen LogP contribution is 2.15. The molecule has 4 heteroatoms. The molecule has 0 aliphatic carbocycles. The monoisotopic (exact) mass is 618 g/mol. The molecule has 0 radical (unpaired) electrons. The van der Waals surface area contributed by atoms with Gasteiger partial charge in [-0.05, 0) is 44.9 Å². The second kappa shape index (κ2) is 36.1. The number of hydrogen-bond acceptors (Lipinski definition) is 3. The molecule has 0 saturated heterocycles. The van der Waals surface area contributed by atoms with Crippen LogP contribution in [0, 0.1) is 0 Å². The number of amides is 1. The molecule has 0 aromatic heterocycles. The molecule has 2 unspecified atom stereocenters. The van der Waals surface area contributed by atoms with Gasteiger partial charge in [-0.15, -0.1) is 0 Å². The van der Waals surface area contributed by atoms with E-state index in [2.05, 4.69) is 43.5 Å². The van der Waals surface area contributed by atoms with Crippen LogP contribution in [0.5, 0.6) is 0 Å². The fourth-order valence-corrected chi connectivity index (χ4v) is 5.63. The molecule has 0 aliphatic heterocycles. The van der Waals surface area contributed by atoms with E-state index >= 15 is 0 Å². The Morgan fingerprint density at radius 3 is 1.45 bits per heavy atom. The number of rotatable bonds is 34. The molecule has 44 heavy (non-hydrogen) atoms. The maximum atomic E-state index is 12.3. The summed E-state index contributed by atoms with van der Waals surface area (Å²) in [6, 6.07) is -0.627. The number of unbranched alkanes of at least 4 members (excludes halogenated alkanes) is 23. The van der Waals surface area contributed by atoms with Crippen LogP contribution in [0.15, 0.2) is 36.5 Å². The van der Waals surface area contributed by atoms with Gasteiger partial charge < -0.3 is 15.5 Å². The standard InChI is InChI=1S/C40H75NO3/c1-3-5-7-9-11-13-15-17-18-19-20-21-22-24-25-27-29-31-33-35-39(43)38(37-42)41-40(44)36-34-32-30-28-26-23-16-14-12-10-8-6-4-2/h8,10,14,16,33,35,38-39,42-43H,3-7,9,11-13,15,17-32,34,36-37H2,1-2H3,(H,41,44)/b10-8-,16-14-,35-33+. The first-order valence-electron chi connectivity index (χ1n) is 19.2. The van der Waals surface area contributed by atoms with E-state index in [1.807, 2.05) is 6.08 Å². The number of carbonyl (C=O) groups is 1. The normalized spacial score (nSPS) is 13.5. The lowest BCUT2D eigenvalue weighted by atomic mass is 10.0. The lowest BCUT2D eigenvalue weighted by Gasteiger charge is -2.20. The van der Waals surface area contributed by atoms with Crippen molar-refractivity contribution in [3.63, 3.8) is 0 Å². The Morgan fingerprint density at radius 2 is 0.977 bits per heavy atom. The summed E-state index contributed by atoms with van der Waals surface area (Å²) in [5.41, 5.74) is 0. The number of hydrogen-bond donors (Lipinski definition) is 3. The fraction of sp³-hybridized carbons (Fsp3) is 0.825. The molecule has 0 aromatic carbocycles. The highest BCUT2D eigenvalue weighted by atomic mass is 16.3. The summed E-state index contributed by atoms with van der Waals surface area (Å²) < 4.78 is 0. The third-order valence-electron chi connectivity index (χ3n) is 8.60. The van der Waals surface area contributed by atoms with E-state index in [1.54, 1.807) is 6.08 Å². The minimum Gasteiger partial charge on any atom is -0.394 e. The topological polar surface area (TPSA) is 69.6 Å². The molecule has 0 rings (SSSR count). The third kappa shape index (κ3) is 32.0. The first-order chi connectivity index (χ1) is 21.7. The van der Waals surface area contributed by atoms with Gasteiger partial charge in [-0.1, -0.05) is 179 Å². The Kier molecular flexibility index (Phi) is 34.9. The van der Waals surface area contributed by atoms with E-state index in [9.17, 15) is 15.0 Å². The Morgan fingerprint density at radius 1 is 0.545 bits per heavy atom. The van der Waals surface area contributed by atoms with Crippen LogP contribution in [0.3, 0.4) is 0 Å². The van der Waals surface area contributed by atoms with Crippen LogP contribution in [0.1, 0.15) is 194 Å². The van der Waals surface area contributed by atoms with Gasteiger partial charge in [0.2, 0.25) is 5.91 Å². The molecule has 0 spiro atoms. The number of carbonyl (C=O) groups excluding carboxylic acids is 1. The lowest BCUT2D eigenvalue weighted by Crippen LogP contribution is -2.45. The van der Waals surface area contributed by atoms with Crippen LogP contribution >= 0.6 is 0 Å². The molecule has 1 amide bonds. The van der Waals surface area contributed by atoms with Gasteiger partial charge in [-0.25, -0.2) is 0 Å². The van der Waals surface area contributed by atoms with Gasteiger partial charge in [0, 0.05) is 6.42 Å². The summed E-state index contributed by atoms with van der Waals surface area (Å²) >= 11 is 0. The van der Waals surface area contributed by atoms with Crippen LogP contribution in [0.25, 0.3) is 0 Å². The van der Waals surface area contributed by atoms with Gasteiger partial charge in [0.25, 0.3) is 0 Å². The van der Waals surface area contributed by atoms with Crippen molar-refractivity contribution in [1.29, 1.82) is 0 Å². The molecule has 4 nitrogen and oxygen atoms in total. The van der Waals surface area contributed by atoms with Crippen molar-refractivity contribution in [3.8, 4) is 0 Å². The zero-order valence-electron chi connectivity index (χ0n) is 29.4. The Balaban J connectivity index is 3.61. The molecule has 258 valence electrons. The minimum absolute atomic E-state index is 0.0799. The fourth-order valence-electron chi connectivity index (χ4n) is 5.63. The molecular formula is C40H75NO3. The number of allylic oxidation sites excluding steroid dienone is 5. The van der Waals surface area contributed by atoms with Crippen molar-refractivity contribution in [3.05, 3.63) is 36.5 Å². The van der Waals surface area contributed by atoms with Gasteiger partial charge in [0.1, 0.15) is 0 Å². The second-order valence-electron chi connectivity index (χ2n) is 13.0. The molecule has 0 fully saturated rings. The third-order valence-corrected chi connectivity index (χ3v) is 8.60. The Bertz CT molecular complexity index is 672. The highest BCUT2D eigenvalue weighted by Gasteiger charge is 2.17. The number of nitrogens with one attached hydrogen (secondary N) is 1. The van der Waals surface area contributed by atoms with Crippen LogP contribution in [0.2, 0.25) is 0 Å². The predicted octanol–water partition coefficient (Wildman–Crippen LogP) is 11.5. The molecule has 0 bridgehead atoms. The van der Waals surface area contributed by atoms with Crippen molar-refractivity contribution in [1.82, 2.24) is 5.32 Å². The quantitative estimate of drug-likeness (QED) is 0.0497. The summed E-state index contributed by atoms with van der Waals surface area (Å²) in [6.07, 6.45) is 46.6. The molecular weight excluding hydrogens is 542 g/mol. The zero-order chi connectivity index (χ0) is 32.2. The summed E-state index contributed by atoms with van der Waals surface area (Å²) in [6.45, 7) is 4.23. The van der Waals surface area contributed by atoms with Gasteiger partial charge in [-0.3, -0.25) is 4.79 Å². The summed E-state index contributed by atoms with van der Waals surface area (Å²) in [7, 11) is 0. The Labute approximate surface area is 274 Å². The average molecular weight is 618 g/mol. The van der Waals surface area contributed by atoms with Crippen LogP contribution in [-0.2, 0) is 4.79 Å². The Hall–Kier alpha value is -1.39. The van der Waals surface area contributed by atoms with Gasteiger partial charge >= 0.3 is 0 Å². The van der Waals surface area contributed by atoms with Gasteiger partial charge in [-0.2, -0.15) is 0 Å². The van der Waals surface area contributed by atoms with Crippen molar-refractivity contribution >= 4 is 5.91 Å².